The smallest absolute Gasteiger partial charge is 0.313 e. The average molecular weight is 227 g/mol. The first kappa shape index (κ1) is 13.5. The van der Waals surface area contributed by atoms with Crippen molar-refractivity contribution in [3.05, 3.63) is 0 Å². The van der Waals surface area contributed by atoms with Gasteiger partial charge in [-0.3, -0.25) is 4.79 Å². The summed E-state index contributed by atoms with van der Waals surface area (Å²) in [5.74, 6) is 0.0236. The third-order valence-electron chi connectivity index (χ3n) is 3.39. The van der Waals surface area contributed by atoms with Gasteiger partial charge in [-0.05, 0) is 25.8 Å². The molecule has 1 rings (SSSR count). The molecule has 0 aromatic heterocycles. The van der Waals surface area contributed by atoms with Crippen LogP contribution in [0.4, 0.5) is 0 Å². The van der Waals surface area contributed by atoms with Crippen molar-refractivity contribution in [3.8, 4) is 0 Å². The van der Waals surface area contributed by atoms with E-state index in [-0.39, 0.29) is 11.4 Å². The summed E-state index contributed by atoms with van der Waals surface area (Å²) in [6.07, 6.45) is 6.25. The van der Waals surface area contributed by atoms with Gasteiger partial charge in [0.25, 0.3) is 0 Å². The Morgan fingerprint density at radius 1 is 1.31 bits per heavy atom. The van der Waals surface area contributed by atoms with Crippen LogP contribution in [0.25, 0.3) is 0 Å². The molecule has 0 saturated carbocycles. The van der Waals surface area contributed by atoms with Crippen molar-refractivity contribution in [2.45, 2.75) is 52.4 Å². The molecule has 1 aliphatic heterocycles. The van der Waals surface area contributed by atoms with E-state index in [9.17, 15) is 4.79 Å². The Hall–Kier alpha value is -0.570. The number of ether oxygens (including phenoxy) is 1. The van der Waals surface area contributed by atoms with Gasteiger partial charge in [0.15, 0.2) is 0 Å². The predicted molar refractivity (Wildman–Crippen MR) is 65.3 cm³/mol. The highest BCUT2D eigenvalue weighted by Gasteiger charge is 2.41. The third-order valence-corrected chi connectivity index (χ3v) is 3.39. The monoisotopic (exact) mass is 227 g/mol. The quantitative estimate of drug-likeness (QED) is 0.536. The lowest BCUT2D eigenvalue weighted by atomic mass is 9.82. The molecule has 16 heavy (non-hydrogen) atoms. The molecule has 1 heterocycles. The Labute approximate surface area is 98.9 Å². The summed E-state index contributed by atoms with van der Waals surface area (Å²) < 4.78 is 5.40. The predicted octanol–water partition coefficient (Wildman–Crippen LogP) is 2.50. The maximum atomic E-state index is 12.1. The van der Waals surface area contributed by atoms with E-state index in [1.807, 2.05) is 0 Å². The van der Waals surface area contributed by atoms with Crippen molar-refractivity contribution in [2.24, 2.45) is 5.41 Å². The van der Waals surface area contributed by atoms with Gasteiger partial charge in [0, 0.05) is 6.54 Å². The van der Waals surface area contributed by atoms with Crippen LogP contribution in [0.2, 0.25) is 0 Å². The first-order valence-electron chi connectivity index (χ1n) is 6.63. The highest BCUT2D eigenvalue weighted by molar-refractivity contribution is 5.77. The van der Waals surface area contributed by atoms with Crippen molar-refractivity contribution < 1.29 is 9.53 Å². The molecule has 94 valence electrons. The van der Waals surface area contributed by atoms with Crippen molar-refractivity contribution in [3.63, 3.8) is 0 Å². The van der Waals surface area contributed by atoms with E-state index in [0.29, 0.717) is 6.61 Å². The van der Waals surface area contributed by atoms with E-state index in [1.165, 1.54) is 6.42 Å². The first-order chi connectivity index (χ1) is 7.75. The van der Waals surface area contributed by atoms with Crippen LogP contribution >= 0.6 is 0 Å². The van der Waals surface area contributed by atoms with Crippen LogP contribution in [0.3, 0.4) is 0 Å². The summed E-state index contributed by atoms with van der Waals surface area (Å²) in [6, 6.07) is 0. The molecule has 1 unspecified atom stereocenters. The lowest BCUT2D eigenvalue weighted by Crippen LogP contribution is -2.35. The van der Waals surface area contributed by atoms with Gasteiger partial charge in [0.1, 0.15) is 0 Å². The van der Waals surface area contributed by atoms with Crippen LogP contribution in [-0.2, 0) is 9.53 Å². The number of carbonyl (C=O) groups is 1. The Morgan fingerprint density at radius 2 is 2.12 bits per heavy atom. The number of nitrogens with one attached hydrogen (secondary N) is 1. The number of esters is 1. The van der Waals surface area contributed by atoms with Gasteiger partial charge >= 0.3 is 5.97 Å². The molecule has 0 bridgehead atoms. The number of hydrogen-bond donors (Lipinski definition) is 1. The maximum absolute atomic E-state index is 12.1. The summed E-state index contributed by atoms with van der Waals surface area (Å²) in [6.45, 7) is 6.63. The molecule has 0 amide bonds. The molecule has 0 spiro atoms. The largest absolute Gasteiger partial charge is 0.465 e. The highest BCUT2D eigenvalue weighted by atomic mass is 16.5. The SMILES string of the molecule is CCCCCOC(=O)C1(CCC)CCNC1. The Bertz CT molecular complexity index is 210. The van der Waals surface area contributed by atoms with Crippen LogP contribution < -0.4 is 5.32 Å². The molecule has 1 N–H and O–H groups in total. The second kappa shape index (κ2) is 6.89. The highest BCUT2D eigenvalue weighted by Crippen LogP contribution is 2.32. The first-order valence-corrected chi connectivity index (χ1v) is 6.63. The fourth-order valence-corrected chi connectivity index (χ4v) is 2.38. The zero-order chi connectivity index (χ0) is 11.9. The molecule has 0 aromatic rings. The number of rotatable bonds is 7. The normalized spacial score (nSPS) is 24.6. The third kappa shape index (κ3) is 3.48. The fraction of sp³-hybridized carbons (Fsp3) is 0.923. The molecule has 3 nitrogen and oxygen atoms in total. The number of unbranched alkanes of at least 4 members (excludes halogenated alkanes) is 2. The molecular formula is C13H25NO2. The van der Waals surface area contributed by atoms with Crippen molar-refractivity contribution in [1.82, 2.24) is 5.32 Å². The zero-order valence-electron chi connectivity index (χ0n) is 10.7. The van der Waals surface area contributed by atoms with Gasteiger partial charge in [-0.15, -0.1) is 0 Å². The van der Waals surface area contributed by atoms with Gasteiger partial charge in [-0.1, -0.05) is 33.1 Å². The molecule has 0 aromatic carbocycles. The average Bonchev–Trinajstić information content (AvgIpc) is 2.74. The second-order valence-corrected chi connectivity index (χ2v) is 4.80. The lowest BCUT2D eigenvalue weighted by Gasteiger charge is -2.25. The topological polar surface area (TPSA) is 38.3 Å². The maximum Gasteiger partial charge on any atom is 0.313 e. The summed E-state index contributed by atoms with van der Waals surface area (Å²) >= 11 is 0. The van der Waals surface area contributed by atoms with Crippen LogP contribution in [0.15, 0.2) is 0 Å². The number of carbonyl (C=O) groups excluding carboxylic acids is 1. The fourth-order valence-electron chi connectivity index (χ4n) is 2.38. The minimum absolute atomic E-state index is 0.0236. The lowest BCUT2D eigenvalue weighted by molar-refractivity contribution is -0.155. The molecule has 1 fully saturated rings. The van der Waals surface area contributed by atoms with Gasteiger partial charge in [-0.25, -0.2) is 0 Å². The van der Waals surface area contributed by atoms with Gasteiger partial charge in [0.2, 0.25) is 0 Å². The van der Waals surface area contributed by atoms with Crippen LogP contribution in [0, 0.1) is 5.41 Å². The molecular weight excluding hydrogens is 202 g/mol. The Morgan fingerprint density at radius 3 is 2.69 bits per heavy atom. The Kier molecular flexibility index (Phi) is 5.81. The van der Waals surface area contributed by atoms with E-state index in [4.69, 9.17) is 4.74 Å². The summed E-state index contributed by atoms with van der Waals surface area (Å²) in [7, 11) is 0. The van der Waals surface area contributed by atoms with E-state index in [1.54, 1.807) is 0 Å². The zero-order valence-corrected chi connectivity index (χ0v) is 10.7. The molecule has 0 aliphatic carbocycles. The van der Waals surface area contributed by atoms with Crippen molar-refractivity contribution in [2.75, 3.05) is 19.7 Å². The standard InChI is InChI=1S/C13H25NO2/c1-3-5-6-10-16-12(15)13(7-4-2)8-9-14-11-13/h14H,3-11H2,1-2H3. The van der Waals surface area contributed by atoms with E-state index in [0.717, 1.165) is 45.2 Å². The van der Waals surface area contributed by atoms with Crippen LogP contribution in [0.1, 0.15) is 52.4 Å². The van der Waals surface area contributed by atoms with Crippen LogP contribution in [0.5, 0.6) is 0 Å². The minimum atomic E-state index is -0.221. The molecule has 1 atom stereocenters. The van der Waals surface area contributed by atoms with Crippen LogP contribution in [-0.4, -0.2) is 25.7 Å². The molecule has 0 radical (unpaired) electrons. The minimum Gasteiger partial charge on any atom is -0.465 e. The molecule has 3 heteroatoms. The van der Waals surface area contributed by atoms with E-state index >= 15 is 0 Å². The van der Waals surface area contributed by atoms with Gasteiger partial charge in [0.05, 0.1) is 12.0 Å². The van der Waals surface area contributed by atoms with Gasteiger partial charge in [-0.2, -0.15) is 0 Å². The van der Waals surface area contributed by atoms with Gasteiger partial charge < -0.3 is 10.1 Å². The molecule has 1 saturated heterocycles. The molecule has 1 aliphatic rings. The number of hydrogen-bond acceptors (Lipinski definition) is 3. The Balaban J connectivity index is 2.36. The van der Waals surface area contributed by atoms with E-state index < -0.39 is 0 Å². The summed E-state index contributed by atoms with van der Waals surface area (Å²) in [5, 5.41) is 3.28. The van der Waals surface area contributed by atoms with Crippen molar-refractivity contribution in [1.29, 1.82) is 0 Å². The van der Waals surface area contributed by atoms with E-state index in [2.05, 4.69) is 19.2 Å². The van der Waals surface area contributed by atoms with Crippen molar-refractivity contribution >= 4 is 5.97 Å². The summed E-state index contributed by atoms with van der Waals surface area (Å²) in [4.78, 5) is 12.1. The summed E-state index contributed by atoms with van der Waals surface area (Å²) in [5.41, 5.74) is -0.221. The second-order valence-electron chi connectivity index (χ2n) is 4.80.